The maximum atomic E-state index is 10.5. The number of carbonyl (C=O) groups is 2. The zero-order valence-electron chi connectivity index (χ0n) is 7.76. The molecule has 80 valence electrons. The molecule has 0 fully saturated rings. The molecule has 1 atom stereocenters. The van der Waals surface area contributed by atoms with Gasteiger partial charge < -0.3 is 19.8 Å². The fraction of sp³-hybridized carbons (Fsp3) is 0.571. The lowest BCUT2D eigenvalue weighted by molar-refractivity contribution is -0.152. The van der Waals surface area contributed by atoms with Crippen LogP contribution in [-0.4, -0.2) is 52.4 Å². The van der Waals surface area contributed by atoms with Gasteiger partial charge in [-0.05, 0) is 12.2 Å². The standard InChI is InChI=1S/C7H11NO5S/c1-8(2)7(14)13-4(6(11)12)3-5(9)10/h4H,3H2,1-2H3,(H,9,10)(H,11,12)/t4-/m0/s1. The van der Waals surface area contributed by atoms with Crippen LogP contribution in [0.2, 0.25) is 0 Å². The number of carboxylic acids is 2. The molecule has 0 amide bonds. The zero-order valence-corrected chi connectivity index (χ0v) is 8.58. The van der Waals surface area contributed by atoms with Gasteiger partial charge in [0.25, 0.3) is 5.17 Å². The lowest BCUT2D eigenvalue weighted by Gasteiger charge is -2.18. The van der Waals surface area contributed by atoms with Gasteiger partial charge in [0.2, 0.25) is 6.10 Å². The van der Waals surface area contributed by atoms with Gasteiger partial charge in [-0.1, -0.05) is 0 Å². The number of carboxylic acid groups (broad SMARTS) is 2. The van der Waals surface area contributed by atoms with Gasteiger partial charge in [0.15, 0.2) is 0 Å². The highest BCUT2D eigenvalue weighted by Crippen LogP contribution is 2.02. The van der Waals surface area contributed by atoms with Crippen LogP contribution in [0.3, 0.4) is 0 Å². The minimum absolute atomic E-state index is 0.0568. The highest BCUT2D eigenvalue weighted by molar-refractivity contribution is 7.80. The molecular weight excluding hydrogens is 210 g/mol. The molecule has 2 N–H and O–H groups in total. The maximum Gasteiger partial charge on any atom is 0.345 e. The Morgan fingerprint density at radius 1 is 1.43 bits per heavy atom. The average molecular weight is 221 g/mol. The molecule has 0 bridgehead atoms. The molecule has 0 aliphatic carbocycles. The molecule has 0 aromatic rings. The summed E-state index contributed by atoms with van der Waals surface area (Å²) in [4.78, 5) is 22.2. The summed E-state index contributed by atoms with van der Waals surface area (Å²) >= 11 is 4.67. The van der Waals surface area contributed by atoms with E-state index in [-0.39, 0.29) is 5.17 Å². The molecule has 0 rings (SSSR count). The monoisotopic (exact) mass is 221 g/mol. The Morgan fingerprint density at radius 3 is 2.21 bits per heavy atom. The summed E-state index contributed by atoms with van der Waals surface area (Å²) in [5.74, 6) is -2.60. The molecule has 0 aromatic carbocycles. The van der Waals surface area contributed by atoms with Crippen molar-refractivity contribution in [2.45, 2.75) is 12.5 Å². The SMILES string of the molecule is CN(C)C(=S)O[C@@H](CC(=O)O)C(=O)O. The van der Waals surface area contributed by atoms with E-state index in [0.29, 0.717) is 0 Å². The Hall–Kier alpha value is -1.37. The topological polar surface area (TPSA) is 87.1 Å². The molecule has 0 radical (unpaired) electrons. The molecule has 0 spiro atoms. The minimum atomic E-state index is -1.44. The Labute approximate surface area is 86.1 Å². The van der Waals surface area contributed by atoms with E-state index in [0.717, 1.165) is 0 Å². The van der Waals surface area contributed by atoms with E-state index in [9.17, 15) is 9.59 Å². The number of ether oxygens (including phenoxy) is 1. The van der Waals surface area contributed by atoms with E-state index < -0.39 is 24.5 Å². The van der Waals surface area contributed by atoms with E-state index in [1.807, 2.05) is 0 Å². The van der Waals surface area contributed by atoms with Crippen LogP contribution in [0.1, 0.15) is 6.42 Å². The van der Waals surface area contributed by atoms with Crippen LogP contribution >= 0.6 is 12.2 Å². The quantitative estimate of drug-likeness (QED) is 0.634. The van der Waals surface area contributed by atoms with Crippen molar-refractivity contribution in [3.05, 3.63) is 0 Å². The Kier molecular flexibility index (Phi) is 4.85. The van der Waals surface area contributed by atoms with Crippen molar-refractivity contribution in [2.24, 2.45) is 0 Å². The summed E-state index contributed by atoms with van der Waals surface area (Å²) in [6, 6.07) is 0. The first-order valence-corrected chi connectivity index (χ1v) is 4.08. The van der Waals surface area contributed by atoms with Crippen molar-refractivity contribution in [1.29, 1.82) is 0 Å². The summed E-state index contributed by atoms with van der Waals surface area (Å²) in [6.07, 6.45) is -2.06. The van der Waals surface area contributed by atoms with Crippen LogP contribution in [-0.2, 0) is 14.3 Å². The van der Waals surface area contributed by atoms with E-state index in [2.05, 4.69) is 12.2 Å². The zero-order chi connectivity index (χ0) is 11.3. The van der Waals surface area contributed by atoms with E-state index in [1.54, 1.807) is 14.1 Å². The molecule has 0 aliphatic heterocycles. The lowest BCUT2D eigenvalue weighted by Crippen LogP contribution is -2.34. The van der Waals surface area contributed by atoms with E-state index in [4.69, 9.17) is 14.9 Å². The molecule has 6 nitrogen and oxygen atoms in total. The second-order valence-corrected chi connectivity index (χ2v) is 3.05. The summed E-state index contributed by atoms with van der Waals surface area (Å²) < 4.78 is 4.76. The molecule has 0 saturated carbocycles. The van der Waals surface area contributed by atoms with Crippen molar-refractivity contribution in [1.82, 2.24) is 4.90 Å². The number of aliphatic carboxylic acids is 2. The Balaban J connectivity index is 4.31. The van der Waals surface area contributed by atoms with Crippen molar-refractivity contribution in [3.8, 4) is 0 Å². The normalized spacial score (nSPS) is 11.6. The number of hydrogen-bond donors (Lipinski definition) is 2. The van der Waals surface area contributed by atoms with E-state index in [1.165, 1.54) is 4.90 Å². The molecule has 0 aromatic heterocycles. The van der Waals surface area contributed by atoms with Crippen molar-refractivity contribution in [2.75, 3.05) is 14.1 Å². The van der Waals surface area contributed by atoms with Gasteiger partial charge in [-0.25, -0.2) is 4.79 Å². The average Bonchev–Trinajstić information content (AvgIpc) is 2.01. The van der Waals surface area contributed by atoms with Gasteiger partial charge in [-0.3, -0.25) is 4.79 Å². The molecular formula is C7H11NO5S. The third-order valence-corrected chi connectivity index (χ3v) is 1.71. The largest absolute Gasteiger partial charge is 0.481 e. The molecule has 7 heteroatoms. The summed E-state index contributed by atoms with van der Waals surface area (Å²) in [6.45, 7) is 0. The predicted octanol–water partition coefficient (Wildman–Crippen LogP) is -0.223. The first-order chi connectivity index (χ1) is 6.34. The number of rotatable bonds is 4. The number of hydrogen-bond acceptors (Lipinski definition) is 4. The third kappa shape index (κ3) is 4.61. The summed E-state index contributed by atoms with van der Waals surface area (Å²) in [7, 11) is 3.14. The van der Waals surface area contributed by atoms with Gasteiger partial charge in [-0.15, -0.1) is 0 Å². The van der Waals surface area contributed by atoms with Crippen molar-refractivity contribution >= 4 is 29.3 Å². The fourth-order valence-electron chi connectivity index (χ4n) is 0.565. The van der Waals surface area contributed by atoms with Gasteiger partial charge in [0.1, 0.15) is 0 Å². The van der Waals surface area contributed by atoms with Crippen LogP contribution in [0.4, 0.5) is 0 Å². The fourth-order valence-corrected chi connectivity index (χ4v) is 0.681. The maximum absolute atomic E-state index is 10.5. The van der Waals surface area contributed by atoms with Crippen LogP contribution in [0, 0.1) is 0 Å². The van der Waals surface area contributed by atoms with Crippen molar-refractivity contribution < 1.29 is 24.5 Å². The third-order valence-electron chi connectivity index (χ3n) is 1.24. The van der Waals surface area contributed by atoms with Gasteiger partial charge in [-0.2, -0.15) is 0 Å². The predicted molar refractivity (Wildman–Crippen MR) is 51.0 cm³/mol. The Bertz CT molecular complexity index is 252. The van der Waals surface area contributed by atoms with Gasteiger partial charge in [0, 0.05) is 14.1 Å². The van der Waals surface area contributed by atoms with Gasteiger partial charge in [0.05, 0.1) is 6.42 Å². The first kappa shape index (κ1) is 12.6. The summed E-state index contributed by atoms with van der Waals surface area (Å²) in [5, 5.41) is 16.9. The minimum Gasteiger partial charge on any atom is -0.481 e. The first-order valence-electron chi connectivity index (χ1n) is 3.67. The highest BCUT2D eigenvalue weighted by Gasteiger charge is 2.24. The smallest absolute Gasteiger partial charge is 0.345 e. The highest BCUT2D eigenvalue weighted by atomic mass is 32.1. The number of nitrogens with zero attached hydrogens (tertiary/aromatic N) is 1. The van der Waals surface area contributed by atoms with Crippen LogP contribution in [0.15, 0.2) is 0 Å². The Morgan fingerprint density at radius 2 is 1.93 bits per heavy atom. The molecule has 0 unspecified atom stereocenters. The van der Waals surface area contributed by atoms with Crippen LogP contribution in [0.25, 0.3) is 0 Å². The van der Waals surface area contributed by atoms with E-state index >= 15 is 0 Å². The molecule has 0 heterocycles. The number of thiocarbonyl (C=S) groups is 1. The molecule has 14 heavy (non-hydrogen) atoms. The van der Waals surface area contributed by atoms with Crippen molar-refractivity contribution in [3.63, 3.8) is 0 Å². The molecule has 0 aliphatic rings. The van der Waals surface area contributed by atoms with Crippen LogP contribution in [0.5, 0.6) is 0 Å². The van der Waals surface area contributed by atoms with Crippen LogP contribution < -0.4 is 0 Å². The van der Waals surface area contributed by atoms with Gasteiger partial charge >= 0.3 is 11.9 Å². The second-order valence-electron chi connectivity index (χ2n) is 2.70. The summed E-state index contributed by atoms with van der Waals surface area (Å²) in [5.41, 5.74) is 0. The second kappa shape index (κ2) is 5.38. The molecule has 0 saturated heterocycles. The lowest BCUT2D eigenvalue weighted by atomic mass is 10.2.